The number of carbonyl (C=O) groups is 2. The summed E-state index contributed by atoms with van der Waals surface area (Å²) in [5.41, 5.74) is 3.59. The summed E-state index contributed by atoms with van der Waals surface area (Å²) in [6.07, 6.45) is 0.845. The van der Waals surface area contributed by atoms with Gasteiger partial charge in [-0.15, -0.1) is 0 Å². The largest absolute Gasteiger partial charge is 0.357 e. The van der Waals surface area contributed by atoms with Gasteiger partial charge in [0.25, 0.3) is 5.69 Å². The molecule has 5 rings (SSSR count). The number of carbonyl (C=O) groups excluding carboxylic acids is 2. The first-order valence-electron chi connectivity index (χ1n) is 11.8. The van der Waals surface area contributed by atoms with E-state index in [1.807, 2.05) is 18.2 Å². The van der Waals surface area contributed by atoms with Gasteiger partial charge >= 0.3 is 0 Å². The first-order valence-corrected chi connectivity index (χ1v) is 11.8. The fraction of sp³-hybridized carbons (Fsp3) is 0.214. The lowest BCUT2D eigenvalue weighted by molar-refractivity contribution is -0.384. The molecule has 0 unspecified atom stereocenters. The molecule has 2 atom stereocenters. The molecule has 1 aliphatic carbocycles. The van der Waals surface area contributed by atoms with Gasteiger partial charge in [0.1, 0.15) is 5.82 Å². The number of fused-ring (bicyclic) bond motifs is 1. The Balaban J connectivity index is 1.72. The Morgan fingerprint density at radius 2 is 1.81 bits per heavy atom. The van der Waals surface area contributed by atoms with Gasteiger partial charge < -0.3 is 5.32 Å². The molecule has 0 saturated carbocycles. The van der Waals surface area contributed by atoms with Crippen molar-refractivity contribution >= 4 is 28.8 Å². The van der Waals surface area contributed by atoms with Crippen molar-refractivity contribution in [1.29, 1.82) is 0 Å². The molecule has 1 N–H and O–H groups in total. The molecule has 2 aliphatic rings. The number of amides is 1. The number of nitro groups is 1. The zero-order valence-electron chi connectivity index (χ0n) is 19.6. The summed E-state index contributed by atoms with van der Waals surface area (Å²) < 4.78 is 13.5. The lowest BCUT2D eigenvalue weighted by Crippen LogP contribution is -2.38. The van der Waals surface area contributed by atoms with Gasteiger partial charge in [0.2, 0.25) is 5.91 Å². The van der Waals surface area contributed by atoms with Crippen LogP contribution in [0.15, 0.2) is 84.1 Å². The van der Waals surface area contributed by atoms with E-state index >= 15 is 0 Å². The van der Waals surface area contributed by atoms with E-state index in [9.17, 15) is 24.1 Å². The molecule has 1 heterocycles. The van der Waals surface area contributed by atoms with Crippen molar-refractivity contribution in [2.75, 3.05) is 10.2 Å². The summed E-state index contributed by atoms with van der Waals surface area (Å²) in [4.78, 5) is 39.8. The van der Waals surface area contributed by atoms with E-state index in [2.05, 4.69) is 5.32 Å². The number of allylic oxidation sites excluding steroid dienone is 1. The second-order valence-corrected chi connectivity index (χ2v) is 8.99. The lowest BCUT2D eigenvalue weighted by Gasteiger charge is -2.35. The number of ketones is 1. The van der Waals surface area contributed by atoms with E-state index in [1.165, 1.54) is 24.3 Å². The Hall–Kier alpha value is -4.33. The lowest BCUT2D eigenvalue weighted by atomic mass is 9.78. The van der Waals surface area contributed by atoms with Crippen LogP contribution in [-0.4, -0.2) is 16.6 Å². The number of hydrogen-bond donors (Lipinski definition) is 1. The molecule has 0 bridgehead atoms. The van der Waals surface area contributed by atoms with E-state index in [0.29, 0.717) is 34.6 Å². The molecule has 8 heteroatoms. The van der Waals surface area contributed by atoms with Crippen LogP contribution in [0.25, 0.3) is 0 Å². The van der Waals surface area contributed by atoms with E-state index in [-0.39, 0.29) is 42.0 Å². The molecule has 7 nitrogen and oxygen atoms in total. The van der Waals surface area contributed by atoms with Crippen LogP contribution in [0.1, 0.15) is 49.3 Å². The maximum absolute atomic E-state index is 13.8. The van der Waals surface area contributed by atoms with Crippen LogP contribution in [0.5, 0.6) is 0 Å². The molecule has 182 valence electrons. The van der Waals surface area contributed by atoms with Gasteiger partial charge in [-0.3, -0.25) is 24.6 Å². The predicted octanol–water partition coefficient (Wildman–Crippen LogP) is 6.04. The Labute approximate surface area is 207 Å². The summed E-state index contributed by atoms with van der Waals surface area (Å²) in [5.74, 6) is -0.878. The fourth-order valence-electron chi connectivity index (χ4n) is 5.13. The zero-order valence-corrected chi connectivity index (χ0v) is 19.6. The highest BCUT2D eigenvalue weighted by atomic mass is 19.1. The van der Waals surface area contributed by atoms with Crippen molar-refractivity contribution in [3.8, 4) is 0 Å². The van der Waals surface area contributed by atoms with Crippen LogP contribution in [0.3, 0.4) is 0 Å². The predicted molar refractivity (Wildman–Crippen MR) is 134 cm³/mol. The number of Topliss-reactive ketones (excluding diaryl/α,β-unsaturated/α-hetero) is 1. The number of nitrogens with one attached hydrogen (secondary N) is 1. The smallest absolute Gasteiger partial charge is 0.269 e. The highest BCUT2D eigenvalue weighted by molar-refractivity contribution is 6.06. The quantitative estimate of drug-likeness (QED) is 0.359. The van der Waals surface area contributed by atoms with Crippen molar-refractivity contribution in [3.05, 3.63) is 111 Å². The molecule has 0 fully saturated rings. The molecule has 1 aliphatic heterocycles. The van der Waals surface area contributed by atoms with Gasteiger partial charge in [0.05, 0.1) is 22.3 Å². The number of nitrogens with zero attached hydrogens (tertiary/aromatic N) is 2. The SMILES string of the molecule is CCC(=O)N1c2ccccc2NC2=C(C(=O)C[C@H](c3ccc(F)cc3)C2)[C@@H]1c1cccc([N+](=O)[O-])c1. The fourth-order valence-corrected chi connectivity index (χ4v) is 5.13. The summed E-state index contributed by atoms with van der Waals surface area (Å²) in [6, 6.07) is 18.7. The first kappa shape index (κ1) is 23.4. The summed E-state index contributed by atoms with van der Waals surface area (Å²) >= 11 is 0. The Kier molecular flexibility index (Phi) is 6.10. The Morgan fingerprint density at radius 1 is 1.06 bits per heavy atom. The van der Waals surface area contributed by atoms with E-state index in [1.54, 1.807) is 42.2 Å². The monoisotopic (exact) mass is 485 g/mol. The molecular formula is C28H24FN3O4. The Morgan fingerprint density at radius 3 is 2.53 bits per heavy atom. The molecule has 1 amide bonds. The van der Waals surface area contributed by atoms with Crippen LogP contribution in [0.2, 0.25) is 0 Å². The second-order valence-electron chi connectivity index (χ2n) is 8.99. The third-order valence-corrected chi connectivity index (χ3v) is 6.80. The van der Waals surface area contributed by atoms with Gasteiger partial charge in [-0.25, -0.2) is 4.39 Å². The van der Waals surface area contributed by atoms with Crippen molar-refractivity contribution in [3.63, 3.8) is 0 Å². The maximum Gasteiger partial charge on any atom is 0.269 e. The summed E-state index contributed by atoms with van der Waals surface area (Å²) in [6.45, 7) is 1.75. The van der Waals surface area contributed by atoms with E-state index in [0.717, 1.165) is 5.56 Å². The van der Waals surface area contributed by atoms with Crippen molar-refractivity contribution < 1.29 is 18.9 Å². The number of rotatable bonds is 4. The topological polar surface area (TPSA) is 92.6 Å². The number of para-hydroxylation sites is 2. The van der Waals surface area contributed by atoms with Crippen molar-refractivity contribution in [2.24, 2.45) is 0 Å². The number of anilines is 2. The molecule has 3 aromatic carbocycles. The van der Waals surface area contributed by atoms with Gasteiger partial charge in [0, 0.05) is 36.2 Å². The third kappa shape index (κ3) is 4.15. The average Bonchev–Trinajstić information content (AvgIpc) is 3.03. The van der Waals surface area contributed by atoms with Crippen LogP contribution in [0.4, 0.5) is 21.5 Å². The highest BCUT2D eigenvalue weighted by Gasteiger charge is 2.41. The molecule has 0 radical (unpaired) electrons. The first-order chi connectivity index (χ1) is 17.4. The van der Waals surface area contributed by atoms with Gasteiger partial charge in [-0.1, -0.05) is 43.3 Å². The highest BCUT2D eigenvalue weighted by Crippen LogP contribution is 2.47. The number of non-ortho nitro benzene ring substituents is 1. The number of benzene rings is 3. The minimum absolute atomic E-state index is 0.114. The maximum atomic E-state index is 13.8. The van der Waals surface area contributed by atoms with Crippen LogP contribution in [0, 0.1) is 15.9 Å². The summed E-state index contributed by atoms with van der Waals surface area (Å²) in [5, 5.41) is 15.0. The van der Waals surface area contributed by atoms with Gasteiger partial charge in [0.15, 0.2) is 5.78 Å². The molecule has 3 aromatic rings. The standard InChI is InChI=1S/C28H24FN3O4/c1-2-26(34)31-24-9-4-3-8-22(24)30-23-15-19(17-10-12-20(29)13-11-17)16-25(33)27(23)28(31)18-6-5-7-21(14-18)32(35)36/h3-14,19,28,30H,2,15-16H2,1H3/t19-,28+/m1/s1. The molecule has 36 heavy (non-hydrogen) atoms. The van der Waals surface area contributed by atoms with Crippen LogP contribution in [-0.2, 0) is 9.59 Å². The van der Waals surface area contributed by atoms with Crippen molar-refractivity contribution in [1.82, 2.24) is 0 Å². The van der Waals surface area contributed by atoms with E-state index in [4.69, 9.17) is 0 Å². The molecule has 0 saturated heterocycles. The second kappa shape index (κ2) is 9.37. The van der Waals surface area contributed by atoms with Crippen LogP contribution < -0.4 is 10.2 Å². The van der Waals surface area contributed by atoms with Crippen LogP contribution >= 0.6 is 0 Å². The minimum atomic E-state index is -0.829. The number of halogens is 1. The van der Waals surface area contributed by atoms with Gasteiger partial charge in [-0.2, -0.15) is 0 Å². The third-order valence-electron chi connectivity index (χ3n) is 6.80. The summed E-state index contributed by atoms with van der Waals surface area (Å²) in [7, 11) is 0. The van der Waals surface area contributed by atoms with E-state index < -0.39 is 11.0 Å². The molecular weight excluding hydrogens is 461 g/mol. The van der Waals surface area contributed by atoms with Crippen molar-refractivity contribution in [2.45, 2.75) is 38.1 Å². The zero-order chi connectivity index (χ0) is 25.4. The number of hydrogen-bond acceptors (Lipinski definition) is 5. The minimum Gasteiger partial charge on any atom is -0.357 e. The Bertz CT molecular complexity index is 1400. The molecule has 0 aromatic heterocycles. The normalized spacial score (nSPS) is 19.2. The van der Waals surface area contributed by atoms with Gasteiger partial charge in [-0.05, 0) is 47.7 Å². The number of nitro benzene ring substituents is 1. The average molecular weight is 486 g/mol. The molecule has 0 spiro atoms.